The van der Waals surface area contributed by atoms with Crippen LogP contribution in [0, 0.1) is 5.41 Å². The van der Waals surface area contributed by atoms with Crippen LogP contribution in [-0.4, -0.2) is 12.6 Å². The van der Waals surface area contributed by atoms with Gasteiger partial charge in [0.15, 0.2) is 0 Å². The Morgan fingerprint density at radius 3 is 2.75 bits per heavy atom. The normalized spacial score (nSPS) is 24.2. The number of allylic oxidation sites excluding steroid dienone is 1. The second-order valence-electron chi connectivity index (χ2n) is 5.88. The van der Waals surface area contributed by atoms with Crippen LogP contribution in [0.1, 0.15) is 65.2 Å². The topological polar surface area (TPSA) is 12.0 Å². The van der Waals surface area contributed by atoms with Crippen LogP contribution in [0.15, 0.2) is 12.7 Å². The fraction of sp³-hybridized carbons (Fsp3) is 0.867. The molecule has 0 heterocycles. The van der Waals surface area contributed by atoms with Crippen LogP contribution < -0.4 is 5.32 Å². The lowest BCUT2D eigenvalue weighted by atomic mass is 9.73. The first kappa shape index (κ1) is 13.8. The number of hydrogen-bond donors (Lipinski definition) is 1. The summed E-state index contributed by atoms with van der Waals surface area (Å²) >= 11 is 0. The third-order valence-corrected chi connectivity index (χ3v) is 3.98. The Hall–Kier alpha value is -0.300. The van der Waals surface area contributed by atoms with Gasteiger partial charge in [-0.2, -0.15) is 0 Å². The zero-order chi connectivity index (χ0) is 11.9. The highest BCUT2D eigenvalue weighted by molar-refractivity contribution is 4.87. The molecule has 0 saturated heterocycles. The van der Waals surface area contributed by atoms with E-state index >= 15 is 0 Å². The van der Waals surface area contributed by atoms with Gasteiger partial charge in [-0.3, -0.25) is 0 Å². The third kappa shape index (κ3) is 4.69. The molecule has 94 valence electrons. The molecule has 1 saturated carbocycles. The molecule has 0 bridgehead atoms. The van der Waals surface area contributed by atoms with Crippen molar-refractivity contribution in [3.05, 3.63) is 12.7 Å². The Morgan fingerprint density at radius 2 is 2.06 bits per heavy atom. The highest BCUT2D eigenvalue weighted by Gasteiger charge is 2.31. The van der Waals surface area contributed by atoms with E-state index in [2.05, 4.69) is 25.7 Å². The van der Waals surface area contributed by atoms with Crippen molar-refractivity contribution < 1.29 is 0 Å². The Balaban J connectivity index is 2.09. The Labute approximate surface area is 102 Å². The molecule has 0 spiro atoms. The lowest BCUT2D eigenvalue weighted by molar-refractivity contribution is 0.168. The number of rotatable bonds is 7. The Bertz CT molecular complexity index is 196. The van der Waals surface area contributed by atoms with Gasteiger partial charge in [0, 0.05) is 6.04 Å². The van der Waals surface area contributed by atoms with E-state index in [4.69, 9.17) is 0 Å². The minimum absolute atomic E-state index is 0.513. The van der Waals surface area contributed by atoms with Crippen molar-refractivity contribution in [2.24, 2.45) is 5.41 Å². The molecule has 1 aliphatic carbocycles. The summed E-state index contributed by atoms with van der Waals surface area (Å²) in [5.41, 5.74) is 0.513. The van der Waals surface area contributed by atoms with Crippen LogP contribution in [0.4, 0.5) is 0 Å². The van der Waals surface area contributed by atoms with Gasteiger partial charge in [0.25, 0.3) is 0 Å². The molecule has 1 heteroatoms. The van der Waals surface area contributed by atoms with E-state index in [1.165, 1.54) is 57.9 Å². The van der Waals surface area contributed by atoms with Gasteiger partial charge in [0.2, 0.25) is 0 Å². The van der Waals surface area contributed by atoms with E-state index in [1.54, 1.807) is 0 Å². The van der Waals surface area contributed by atoms with Gasteiger partial charge in [-0.05, 0) is 44.1 Å². The predicted molar refractivity (Wildman–Crippen MR) is 72.7 cm³/mol. The first-order valence-electron chi connectivity index (χ1n) is 7.01. The maximum Gasteiger partial charge on any atom is 0.0118 e. The minimum atomic E-state index is 0.513. The van der Waals surface area contributed by atoms with Crippen LogP contribution >= 0.6 is 0 Å². The molecule has 0 aromatic carbocycles. The molecule has 0 aromatic rings. The Morgan fingerprint density at radius 1 is 1.25 bits per heavy atom. The molecule has 1 N–H and O–H groups in total. The smallest absolute Gasteiger partial charge is 0.0118 e. The lowest BCUT2D eigenvalue weighted by Gasteiger charge is -2.39. The summed E-state index contributed by atoms with van der Waals surface area (Å²) in [6.45, 7) is 9.79. The summed E-state index contributed by atoms with van der Waals surface area (Å²) < 4.78 is 0. The molecule has 1 rings (SSSR count). The van der Waals surface area contributed by atoms with E-state index in [9.17, 15) is 0 Å². The molecule has 0 radical (unpaired) electrons. The molecule has 1 nitrogen and oxygen atoms in total. The third-order valence-electron chi connectivity index (χ3n) is 3.98. The maximum atomic E-state index is 3.76. The van der Waals surface area contributed by atoms with E-state index < -0.39 is 0 Å². The van der Waals surface area contributed by atoms with E-state index in [-0.39, 0.29) is 0 Å². The average molecular weight is 223 g/mol. The first-order chi connectivity index (χ1) is 7.67. The number of unbranched alkanes of at least 4 members (excludes halogenated alkanes) is 3. The second-order valence-corrected chi connectivity index (χ2v) is 5.88. The summed E-state index contributed by atoms with van der Waals surface area (Å²) in [4.78, 5) is 0. The second kappa shape index (κ2) is 7.11. The van der Waals surface area contributed by atoms with E-state index in [0.29, 0.717) is 5.41 Å². The van der Waals surface area contributed by atoms with Gasteiger partial charge >= 0.3 is 0 Å². The molecule has 1 atom stereocenters. The molecule has 1 fully saturated rings. The van der Waals surface area contributed by atoms with Gasteiger partial charge in [-0.1, -0.05) is 39.2 Å². The van der Waals surface area contributed by atoms with Gasteiger partial charge in [0.1, 0.15) is 0 Å². The summed E-state index contributed by atoms with van der Waals surface area (Å²) in [5, 5.41) is 3.76. The highest BCUT2D eigenvalue weighted by Crippen LogP contribution is 2.35. The monoisotopic (exact) mass is 223 g/mol. The fourth-order valence-electron chi connectivity index (χ4n) is 2.74. The standard InChI is InChI=1S/C15H29N/c1-4-5-6-7-10-13-16-14-11-8-9-12-15(14,2)3/h4,14,16H,1,5-13H2,2-3H3. The summed E-state index contributed by atoms with van der Waals surface area (Å²) in [6.07, 6.45) is 12.8. The molecule has 0 aliphatic heterocycles. The Kier molecular flexibility index (Phi) is 6.12. The lowest BCUT2D eigenvalue weighted by Crippen LogP contribution is -2.44. The van der Waals surface area contributed by atoms with Gasteiger partial charge in [-0.15, -0.1) is 6.58 Å². The summed E-state index contributed by atoms with van der Waals surface area (Å²) in [6, 6.07) is 0.751. The van der Waals surface area contributed by atoms with Gasteiger partial charge in [-0.25, -0.2) is 0 Å². The van der Waals surface area contributed by atoms with Crippen molar-refractivity contribution in [3.8, 4) is 0 Å². The molecular weight excluding hydrogens is 194 g/mol. The van der Waals surface area contributed by atoms with Gasteiger partial charge in [0.05, 0.1) is 0 Å². The number of nitrogens with one attached hydrogen (secondary N) is 1. The van der Waals surface area contributed by atoms with Crippen LogP contribution in [0.5, 0.6) is 0 Å². The minimum Gasteiger partial charge on any atom is -0.313 e. The van der Waals surface area contributed by atoms with Crippen molar-refractivity contribution in [1.82, 2.24) is 5.32 Å². The largest absolute Gasteiger partial charge is 0.313 e. The van der Waals surface area contributed by atoms with Crippen LogP contribution in [0.25, 0.3) is 0 Å². The molecule has 0 aromatic heterocycles. The predicted octanol–water partition coefficient (Wildman–Crippen LogP) is 4.29. The fourth-order valence-corrected chi connectivity index (χ4v) is 2.74. The molecule has 16 heavy (non-hydrogen) atoms. The average Bonchev–Trinajstić information content (AvgIpc) is 2.25. The molecule has 1 unspecified atom stereocenters. The molecule has 1 aliphatic rings. The molecule has 0 amide bonds. The zero-order valence-corrected chi connectivity index (χ0v) is 11.2. The summed E-state index contributed by atoms with van der Waals surface area (Å²) in [5.74, 6) is 0. The summed E-state index contributed by atoms with van der Waals surface area (Å²) in [7, 11) is 0. The SMILES string of the molecule is C=CCCCCCNC1CCCCC1(C)C. The molecular formula is C15H29N. The van der Waals surface area contributed by atoms with Crippen molar-refractivity contribution in [1.29, 1.82) is 0 Å². The van der Waals surface area contributed by atoms with Crippen molar-refractivity contribution in [3.63, 3.8) is 0 Å². The van der Waals surface area contributed by atoms with Crippen molar-refractivity contribution in [2.45, 2.75) is 71.3 Å². The van der Waals surface area contributed by atoms with Crippen molar-refractivity contribution in [2.75, 3.05) is 6.54 Å². The highest BCUT2D eigenvalue weighted by atomic mass is 14.9. The zero-order valence-electron chi connectivity index (χ0n) is 11.2. The van der Waals surface area contributed by atoms with E-state index in [0.717, 1.165) is 6.04 Å². The maximum absolute atomic E-state index is 3.76. The van der Waals surface area contributed by atoms with Crippen LogP contribution in [0.3, 0.4) is 0 Å². The quantitative estimate of drug-likeness (QED) is 0.501. The van der Waals surface area contributed by atoms with Crippen molar-refractivity contribution >= 4 is 0 Å². The first-order valence-corrected chi connectivity index (χ1v) is 7.01. The van der Waals surface area contributed by atoms with Crippen LogP contribution in [-0.2, 0) is 0 Å². The van der Waals surface area contributed by atoms with E-state index in [1.807, 2.05) is 6.08 Å². The van der Waals surface area contributed by atoms with Crippen LogP contribution in [0.2, 0.25) is 0 Å². The van der Waals surface area contributed by atoms with Gasteiger partial charge < -0.3 is 5.32 Å². The number of hydrogen-bond acceptors (Lipinski definition) is 1.